The SMILES string of the molecule is CC(O)CCNC(=O)CSc1nnnn1C1CC1. The normalized spacial score (nSPS) is 16.6. The summed E-state index contributed by atoms with van der Waals surface area (Å²) in [6, 6.07) is 0.417. The summed E-state index contributed by atoms with van der Waals surface area (Å²) in [5, 5.41) is 23.9. The molecule has 0 aliphatic heterocycles. The fourth-order valence-electron chi connectivity index (χ4n) is 1.43. The van der Waals surface area contributed by atoms with E-state index >= 15 is 0 Å². The Labute approximate surface area is 109 Å². The molecule has 1 aliphatic rings. The van der Waals surface area contributed by atoms with Gasteiger partial charge in [-0.1, -0.05) is 11.8 Å². The van der Waals surface area contributed by atoms with Gasteiger partial charge in [0.05, 0.1) is 17.9 Å². The number of carbonyl (C=O) groups excluding carboxylic acids is 1. The highest BCUT2D eigenvalue weighted by molar-refractivity contribution is 7.99. The Bertz CT molecular complexity index is 405. The van der Waals surface area contributed by atoms with Gasteiger partial charge in [0.25, 0.3) is 0 Å². The Kier molecular flexibility index (Phi) is 4.54. The summed E-state index contributed by atoms with van der Waals surface area (Å²) in [7, 11) is 0. The summed E-state index contributed by atoms with van der Waals surface area (Å²) in [5.41, 5.74) is 0. The summed E-state index contributed by atoms with van der Waals surface area (Å²) in [6.07, 6.45) is 2.40. The number of hydrogen-bond donors (Lipinski definition) is 2. The molecule has 0 aromatic carbocycles. The largest absolute Gasteiger partial charge is 0.393 e. The van der Waals surface area contributed by atoms with E-state index in [1.54, 1.807) is 11.6 Å². The topological polar surface area (TPSA) is 92.9 Å². The van der Waals surface area contributed by atoms with E-state index in [0.29, 0.717) is 29.9 Å². The zero-order chi connectivity index (χ0) is 13.0. The highest BCUT2D eigenvalue weighted by atomic mass is 32.2. The molecule has 1 atom stereocenters. The molecule has 1 unspecified atom stereocenters. The van der Waals surface area contributed by atoms with Gasteiger partial charge in [-0.15, -0.1) is 5.10 Å². The first-order chi connectivity index (χ1) is 8.66. The fraction of sp³-hybridized carbons (Fsp3) is 0.800. The van der Waals surface area contributed by atoms with E-state index < -0.39 is 0 Å². The fourth-order valence-corrected chi connectivity index (χ4v) is 2.20. The number of hydrogen-bond acceptors (Lipinski definition) is 6. The van der Waals surface area contributed by atoms with Gasteiger partial charge in [0.1, 0.15) is 0 Å². The average molecular weight is 271 g/mol. The first kappa shape index (κ1) is 13.3. The van der Waals surface area contributed by atoms with Gasteiger partial charge in [0.2, 0.25) is 11.1 Å². The summed E-state index contributed by atoms with van der Waals surface area (Å²) in [4.78, 5) is 11.5. The minimum Gasteiger partial charge on any atom is -0.393 e. The summed E-state index contributed by atoms with van der Waals surface area (Å²) < 4.78 is 1.79. The van der Waals surface area contributed by atoms with E-state index in [4.69, 9.17) is 5.11 Å². The third kappa shape index (κ3) is 3.95. The van der Waals surface area contributed by atoms with Gasteiger partial charge in [0, 0.05) is 6.54 Å². The molecule has 1 aromatic rings. The third-order valence-corrected chi connectivity index (χ3v) is 3.51. The van der Waals surface area contributed by atoms with Crippen LogP contribution in [0.2, 0.25) is 0 Å². The molecule has 1 saturated carbocycles. The molecule has 1 heterocycles. The van der Waals surface area contributed by atoms with Crippen LogP contribution in [-0.4, -0.2) is 49.6 Å². The maximum atomic E-state index is 11.5. The van der Waals surface area contributed by atoms with Crippen molar-refractivity contribution in [1.82, 2.24) is 25.5 Å². The second-order valence-corrected chi connectivity index (χ2v) is 5.36. The predicted molar refractivity (Wildman–Crippen MR) is 66.1 cm³/mol. The van der Waals surface area contributed by atoms with Crippen LogP contribution >= 0.6 is 11.8 Å². The minimum atomic E-state index is -0.389. The number of amides is 1. The Morgan fingerprint density at radius 3 is 3.11 bits per heavy atom. The van der Waals surface area contributed by atoms with Crippen molar-refractivity contribution in [3.63, 3.8) is 0 Å². The molecule has 18 heavy (non-hydrogen) atoms. The summed E-state index contributed by atoms with van der Waals surface area (Å²) in [6.45, 7) is 2.19. The maximum Gasteiger partial charge on any atom is 0.230 e. The number of nitrogens with one attached hydrogen (secondary N) is 1. The average Bonchev–Trinajstić information content (AvgIpc) is 3.05. The van der Waals surface area contributed by atoms with Gasteiger partial charge >= 0.3 is 0 Å². The van der Waals surface area contributed by atoms with E-state index in [1.165, 1.54) is 11.8 Å². The second-order valence-electron chi connectivity index (χ2n) is 4.41. The van der Waals surface area contributed by atoms with Crippen LogP contribution in [0.15, 0.2) is 5.16 Å². The number of tetrazole rings is 1. The smallest absolute Gasteiger partial charge is 0.230 e. The van der Waals surface area contributed by atoms with Crippen molar-refractivity contribution >= 4 is 17.7 Å². The molecule has 1 amide bonds. The number of rotatable bonds is 7. The monoisotopic (exact) mass is 271 g/mol. The Hall–Kier alpha value is -1.15. The Morgan fingerprint density at radius 2 is 2.44 bits per heavy atom. The zero-order valence-electron chi connectivity index (χ0n) is 10.2. The van der Waals surface area contributed by atoms with Gasteiger partial charge in [0.15, 0.2) is 0 Å². The molecule has 7 nitrogen and oxygen atoms in total. The van der Waals surface area contributed by atoms with Crippen LogP contribution in [0.4, 0.5) is 0 Å². The van der Waals surface area contributed by atoms with E-state index in [9.17, 15) is 4.79 Å². The quantitative estimate of drug-likeness (QED) is 0.677. The van der Waals surface area contributed by atoms with Crippen LogP contribution in [0.3, 0.4) is 0 Å². The minimum absolute atomic E-state index is 0.0639. The summed E-state index contributed by atoms with van der Waals surface area (Å²) in [5.74, 6) is 0.235. The lowest BCUT2D eigenvalue weighted by Crippen LogP contribution is -2.28. The van der Waals surface area contributed by atoms with Crippen LogP contribution in [0.1, 0.15) is 32.2 Å². The molecule has 0 radical (unpaired) electrons. The molecule has 0 saturated heterocycles. The lowest BCUT2D eigenvalue weighted by molar-refractivity contribution is -0.118. The van der Waals surface area contributed by atoms with E-state index in [1.807, 2.05) is 0 Å². The lowest BCUT2D eigenvalue weighted by Gasteiger charge is -2.06. The number of carbonyl (C=O) groups is 1. The number of aromatic nitrogens is 4. The highest BCUT2D eigenvalue weighted by Gasteiger charge is 2.28. The van der Waals surface area contributed by atoms with Crippen molar-refractivity contribution < 1.29 is 9.90 Å². The Balaban J connectivity index is 1.70. The molecule has 1 aliphatic carbocycles. The van der Waals surface area contributed by atoms with Crippen molar-refractivity contribution in [2.45, 2.75) is 43.5 Å². The number of aliphatic hydroxyl groups excluding tert-OH is 1. The summed E-state index contributed by atoms with van der Waals surface area (Å²) >= 11 is 1.34. The van der Waals surface area contributed by atoms with Gasteiger partial charge in [-0.05, 0) is 36.6 Å². The number of aliphatic hydroxyl groups is 1. The van der Waals surface area contributed by atoms with Crippen molar-refractivity contribution in [2.24, 2.45) is 0 Å². The van der Waals surface area contributed by atoms with Crippen molar-refractivity contribution in [2.75, 3.05) is 12.3 Å². The molecule has 2 N–H and O–H groups in total. The van der Waals surface area contributed by atoms with Crippen molar-refractivity contribution in [3.05, 3.63) is 0 Å². The van der Waals surface area contributed by atoms with Crippen molar-refractivity contribution in [1.29, 1.82) is 0 Å². The van der Waals surface area contributed by atoms with Crippen LogP contribution in [0.5, 0.6) is 0 Å². The standard InChI is InChI=1S/C10H17N5O2S/c1-7(16)4-5-11-9(17)6-18-10-12-13-14-15(10)8-2-3-8/h7-8,16H,2-6H2,1H3,(H,11,17). The first-order valence-electron chi connectivity index (χ1n) is 6.02. The van der Waals surface area contributed by atoms with Gasteiger partial charge in [-0.2, -0.15) is 0 Å². The molecule has 0 bridgehead atoms. The molecule has 1 aromatic heterocycles. The second kappa shape index (κ2) is 6.14. The molecule has 2 rings (SSSR count). The molecule has 8 heteroatoms. The first-order valence-corrected chi connectivity index (χ1v) is 7.01. The van der Waals surface area contributed by atoms with Crippen LogP contribution < -0.4 is 5.32 Å². The number of nitrogens with zero attached hydrogens (tertiary/aromatic N) is 4. The van der Waals surface area contributed by atoms with Gasteiger partial charge in [-0.3, -0.25) is 4.79 Å². The van der Waals surface area contributed by atoms with E-state index in [-0.39, 0.29) is 12.0 Å². The van der Waals surface area contributed by atoms with E-state index in [2.05, 4.69) is 20.8 Å². The number of thioether (sulfide) groups is 1. The highest BCUT2D eigenvalue weighted by Crippen LogP contribution is 2.36. The molecular formula is C10H17N5O2S. The van der Waals surface area contributed by atoms with Crippen LogP contribution in [0, 0.1) is 0 Å². The molecular weight excluding hydrogens is 254 g/mol. The molecule has 0 spiro atoms. The van der Waals surface area contributed by atoms with E-state index in [0.717, 1.165) is 12.8 Å². The third-order valence-electron chi connectivity index (χ3n) is 2.57. The molecule has 1 fully saturated rings. The maximum absolute atomic E-state index is 11.5. The van der Waals surface area contributed by atoms with Crippen molar-refractivity contribution in [3.8, 4) is 0 Å². The predicted octanol–water partition coefficient (Wildman–Crippen LogP) is -0.0128. The van der Waals surface area contributed by atoms with Crippen LogP contribution in [0.25, 0.3) is 0 Å². The lowest BCUT2D eigenvalue weighted by atomic mass is 10.3. The Morgan fingerprint density at radius 1 is 1.67 bits per heavy atom. The van der Waals surface area contributed by atoms with Crippen LogP contribution in [-0.2, 0) is 4.79 Å². The van der Waals surface area contributed by atoms with Gasteiger partial charge < -0.3 is 10.4 Å². The molecule has 100 valence electrons. The zero-order valence-corrected chi connectivity index (χ0v) is 11.1. The van der Waals surface area contributed by atoms with Gasteiger partial charge in [-0.25, -0.2) is 4.68 Å².